The van der Waals surface area contributed by atoms with Gasteiger partial charge in [-0.2, -0.15) is 0 Å². The van der Waals surface area contributed by atoms with Crippen molar-refractivity contribution in [1.29, 1.82) is 0 Å². The third-order valence-corrected chi connectivity index (χ3v) is 8.32. The second-order valence-electron chi connectivity index (χ2n) is 9.18. The summed E-state index contributed by atoms with van der Waals surface area (Å²) >= 11 is 0. The Hall–Kier alpha value is -4.23. The van der Waals surface area contributed by atoms with Crippen molar-refractivity contribution in [2.24, 2.45) is 0 Å². The summed E-state index contributed by atoms with van der Waals surface area (Å²) in [7, 11) is -3.70. The summed E-state index contributed by atoms with van der Waals surface area (Å²) in [5.41, 5.74) is 1.79. The number of anilines is 2. The third-order valence-electron chi connectivity index (χ3n) is 6.61. The van der Waals surface area contributed by atoms with E-state index in [4.69, 9.17) is 4.74 Å². The highest BCUT2D eigenvalue weighted by Crippen LogP contribution is 2.28. The highest BCUT2D eigenvalue weighted by molar-refractivity contribution is 7.90. The lowest BCUT2D eigenvalue weighted by molar-refractivity contribution is -0.0261. The van der Waals surface area contributed by atoms with E-state index in [-0.39, 0.29) is 4.90 Å². The second-order valence-corrected chi connectivity index (χ2v) is 11.0. The molecule has 8 nitrogen and oxygen atoms in total. The fourth-order valence-electron chi connectivity index (χ4n) is 4.50. The van der Waals surface area contributed by atoms with E-state index in [1.165, 1.54) is 10.3 Å². The predicted octanol–water partition coefficient (Wildman–Crippen LogP) is 4.46. The van der Waals surface area contributed by atoms with Gasteiger partial charge in [-0.05, 0) is 54.6 Å². The van der Waals surface area contributed by atoms with Gasteiger partial charge in [-0.25, -0.2) is 22.4 Å². The first-order valence-electron chi connectivity index (χ1n) is 12.2. The van der Waals surface area contributed by atoms with E-state index >= 15 is 0 Å². The van der Waals surface area contributed by atoms with Gasteiger partial charge < -0.3 is 15.2 Å². The molecule has 0 radical (unpaired) electrons. The van der Waals surface area contributed by atoms with Crippen molar-refractivity contribution < 1.29 is 18.3 Å². The number of fused-ring (bicyclic) bond motifs is 2. The van der Waals surface area contributed by atoms with Crippen LogP contribution in [0.3, 0.4) is 0 Å². The Kier molecular flexibility index (Phi) is 6.08. The molecule has 5 aromatic rings. The van der Waals surface area contributed by atoms with E-state index in [1.807, 2.05) is 30.3 Å². The van der Waals surface area contributed by atoms with Crippen molar-refractivity contribution >= 4 is 43.3 Å². The molecule has 3 aromatic carbocycles. The molecular weight excluding hydrogens is 500 g/mol. The lowest BCUT2D eigenvalue weighted by atomic mass is 9.95. The van der Waals surface area contributed by atoms with Crippen LogP contribution in [-0.2, 0) is 14.8 Å². The summed E-state index contributed by atoms with van der Waals surface area (Å²) in [6.07, 6.45) is 4.04. The van der Waals surface area contributed by atoms with Crippen molar-refractivity contribution in [3.05, 3.63) is 90.9 Å². The first-order valence-corrected chi connectivity index (χ1v) is 13.6. The minimum absolute atomic E-state index is 0.234. The van der Waals surface area contributed by atoms with Crippen LogP contribution in [0.25, 0.3) is 21.8 Å². The Morgan fingerprint density at radius 2 is 1.79 bits per heavy atom. The molecule has 0 bridgehead atoms. The van der Waals surface area contributed by atoms with E-state index in [2.05, 4.69) is 27.1 Å². The highest BCUT2D eigenvalue weighted by Gasteiger charge is 2.27. The van der Waals surface area contributed by atoms with Gasteiger partial charge in [-0.1, -0.05) is 30.0 Å². The van der Waals surface area contributed by atoms with Crippen LogP contribution in [-0.4, -0.2) is 46.3 Å². The van der Waals surface area contributed by atoms with Gasteiger partial charge in [-0.15, -0.1) is 0 Å². The topological polar surface area (TPSA) is 106 Å². The molecule has 0 spiro atoms. The molecule has 2 N–H and O–H groups in total. The van der Waals surface area contributed by atoms with Crippen LogP contribution in [0.5, 0.6) is 0 Å². The third kappa shape index (κ3) is 4.61. The van der Waals surface area contributed by atoms with E-state index in [9.17, 15) is 13.5 Å². The summed E-state index contributed by atoms with van der Waals surface area (Å²) < 4.78 is 32.8. The molecule has 9 heteroatoms. The van der Waals surface area contributed by atoms with E-state index in [0.29, 0.717) is 37.4 Å². The van der Waals surface area contributed by atoms with E-state index < -0.39 is 15.6 Å². The normalized spacial score (nSPS) is 15.2. The Morgan fingerprint density at radius 3 is 2.61 bits per heavy atom. The monoisotopic (exact) mass is 524 g/mol. The minimum atomic E-state index is -3.70. The molecule has 3 heterocycles. The maximum absolute atomic E-state index is 13.1. The highest BCUT2D eigenvalue weighted by atomic mass is 32.2. The number of aliphatic hydroxyl groups is 1. The van der Waals surface area contributed by atoms with E-state index in [0.717, 1.165) is 27.5 Å². The second kappa shape index (κ2) is 9.58. The van der Waals surface area contributed by atoms with Crippen LogP contribution >= 0.6 is 0 Å². The zero-order valence-corrected chi connectivity index (χ0v) is 21.1. The summed E-state index contributed by atoms with van der Waals surface area (Å²) in [5, 5.41) is 15.5. The number of nitrogens with zero attached hydrogens (tertiary/aromatic N) is 3. The molecule has 1 aliphatic heterocycles. The molecule has 0 unspecified atom stereocenters. The van der Waals surface area contributed by atoms with Gasteiger partial charge in [0.1, 0.15) is 17.7 Å². The molecule has 0 saturated carbocycles. The van der Waals surface area contributed by atoms with Gasteiger partial charge in [0.25, 0.3) is 10.0 Å². The van der Waals surface area contributed by atoms with Crippen LogP contribution in [0.2, 0.25) is 0 Å². The molecule has 6 rings (SSSR count). The van der Waals surface area contributed by atoms with Gasteiger partial charge in [-0.3, -0.25) is 0 Å². The summed E-state index contributed by atoms with van der Waals surface area (Å²) in [6.45, 7) is 1.01. The average molecular weight is 525 g/mol. The van der Waals surface area contributed by atoms with Crippen molar-refractivity contribution in [3.8, 4) is 11.8 Å². The zero-order valence-electron chi connectivity index (χ0n) is 20.3. The van der Waals surface area contributed by atoms with Crippen LogP contribution in [0, 0.1) is 11.8 Å². The van der Waals surface area contributed by atoms with Crippen LogP contribution in [0.15, 0.2) is 90.2 Å². The maximum atomic E-state index is 13.1. The number of hydrogen-bond donors (Lipinski definition) is 2. The average Bonchev–Trinajstić information content (AvgIpc) is 3.37. The number of rotatable bonds is 4. The molecule has 1 fully saturated rings. The Bertz CT molecular complexity index is 1820. The van der Waals surface area contributed by atoms with Crippen molar-refractivity contribution in [1.82, 2.24) is 13.9 Å². The molecule has 1 aliphatic rings. The Balaban J connectivity index is 1.28. The molecule has 0 atom stereocenters. The number of aromatic nitrogens is 3. The first-order chi connectivity index (χ1) is 18.4. The number of nitrogens with one attached hydrogen (secondary N) is 1. The molecule has 0 amide bonds. The predicted molar refractivity (Wildman–Crippen MR) is 146 cm³/mol. The molecule has 0 aliphatic carbocycles. The SMILES string of the molecule is O=S(=O)(c1ccccc1)n1ccc2cc(Nc3ncnc4cc(C#CC5(O)CCOCC5)ccc34)ccc21. The Morgan fingerprint density at radius 1 is 0.974 bits per heavy atom. The van der Waals surface area contributed by atoms with Gasteiger partial charge in [0.15, 0.2) is 0 Å². The summed E-state index contributed by atoms with van der Waals surface area (Å²) in [5.74, 6) is 6.69. The fraction of sp³-hybridized carbons (Fsp3) is 0.172. The van der Waals surface area contributed by atoms with Crippen molar-refractivity contribution in [2.75, 3.05) is 18.5 Å². The number of benzene rings is 3. The largest absolute Gasteiger partial charge is 0.381 e. The van der Waals surface area contributed by atoms with Gasteiger partial charge in [0, 0.05) is 41.1 Å². The van der Waals surface area contributed by atoms with Crippen LogP contribution in [0.1, 0.15) is 18.4 Å². The molecule has 2 aromatic heterocycles. The first kappa shape index (κ1) is 24.1. The molecular formula is C29H24N4O4S. The molecule has 190 valence electrons. The minimum Gasteiger partial charge on any atom is -0.381 e. The van der Waals surface area contributed by atoms with Gasteiger partial charge >= 0.3 is 0 Å². The smallest absolute Gasteiger partial charge is 0.268 e. The van der Waals surface area contributed by atoms with Crippen LogP contribution in [0.4, 0.5) is 11.5 Å². The Labute approximate surface area is 220 Å². The molecule has 1 saturated heterocycles. The fourth-order valence-corrected chi connectivity index (χ4v) is 5.88. The van der Waals surface area contributed by atoms with Crippen molar-refractivity contribution in [2.45, 2.75) is 23.3 Å². The molecule has 38 heavy (non-hydrogen) atoms. The van der Waals surface area contributed by atoms with Gasteiger partial charge in [0.05, 0.1) is 29.1 Å². The maximum Gasteiger partial charge on any atom is 0.268 e. The standard InChI is InChI=1S/C29H24N4O4S/c34-29(13-16-37-17-14-29)12-10-21-6-8-25-26(18-21)30-20-31-28(25)32-23-7-9-27-22(19-23)11-15-33(27)38(35,36)24-4-2-1-3-5-24/h1-9,11,15,18-20,34H,13-14,16-17H2,(H,30,31,32). The zero-order chi connectivity index (χ0) is 26.2. The van der Waals surface area contributed by atoms with Gasteiger partial charge in [0.2, 0.25) is 0 Å². The van der Waals surface area contributed by atoms with Crippen molar-refractivity contribution in [3.63, 3.8) is 0 Å². The van der Waals surface area contributed by atoms with E-state index in [1.54, 1.807) is 48.7 Å². The summed E-state index contributed by atoms with van der Waals surface area (Å²) in [6, 6.07) is 21.3. The number of hydrogen-bond acceptors (Lipinski definition) is 7. The quantitative estimate of drug-likeness (QED) is 0.335. The van der Waals surface area contributed by atoms with Crippen LogP contribution < -0.4 is 5.32 Å². The lowest BCUT2D eigenvalue weighted by Gasteiger charge is -2.26. The number of ether oxygens (including phenoxy) is 1. The lowest BCUT2D eigenvalue weighted by Crippen LogP contribution is -2.34. The summed E-state index contributed by atoms with van der Waals surface area (Å²) in [4.78, 5) is 9.04.